The number of urea groups is 2. The molecule has 1 saturated heterocycles. The highest BCUT2D eigenvalue weighted by Gasteiger charge is 2.65. The molecule has 11 nitrogen and oxygen atoms in total. The molecule has 0 aromatic carbocycles. The summed E-state index contributed by atoms with van der Waals surface area (Å²) in [5, 5.41) is 2.58. The minimum atomic E-state index is -3.67. The number of nitrogens with one attached hydrogen (secondary N) is 1. The molecule has 3 atom stereocenters. The van der Waals surface area contributed by atoms with Crippen molar-refractivity contribution in [2.45, 2.75) is 167 Å². The maximum atomic E-state index is 13.7. The summed E-state index contributed by atoms with van der Waals surface area (Å²) in [7, 11) is -3.67. The van der Waals surface area contributed by atoms with Crippen LogP contribution in [0, 0.1) is 0 Å². The first-order valence-electron chi connectivity index (χ1n) is 17.4. The van der Waals surface area contributed by atoms with Crippen LogP contribution in [0.5, 0.6) is 0 Å². The topological polar surface area (TPSA) is 149 Å². The van der Waals surface area contributed by atoms with Crippen molar-refractivity contribution in [1.29, 1.82) is 0 Å². The van der Waals surface area contributed by atoms with Gasteiger partial charge in [-0.1, -0.05) is 123 Å². The van der Waals surface area contributed by atoms with Crippen LogP contribution in [0.3, 0.4) is 0 Å². The van der Waals surface area contributed by atoms with Crippen LogP contribution in [0.25, 0.3) is 0 Å². The van der Waals surface area contributed by atoms with Crippen LogP contribution in [0.2, 0.25) is 0 Å². The molecule has 0 radical (unpaired) electrons. The fourth-order valence-electron chi connectivity index (χ4n) is 6.05. The van der Waals surface area contributed by atoms with Gasteiger partial charge in [-0.25, -0.2) is 18.7 Å². The fraction of sp³-hybridized carbons (Fsp3) is 0.875. The number of fused-ring (bicyclic) bond motifs is 1. The number of imide groups is 1. The highest BCUT2D eigenvalue weighted by Crippen LogP contribution is 2.38. The van der Waals surface area contributed by atoms with Crippen LogP contribution in [-0.2, 0) is 30.0 Å². The third-order valence-corrected chi connectivity index (χ3v) is 10.7. The van der Waals surface area contributed by atoms with Gasteiger partial charge in [-0.15, -0.1) is 8.98 Å². The molecule has 0 aliphatic carbocycles. The fourth-order valence-corrected chi connectivity index (χ4v) is 8.03. The number of hydrogen-bond donors (Lipinski definition) is 1. The van der Waals surface area contributed by atoms with Crippen molar-refractivity contribution in [1.82, 2.24) is 14.3 Å². The van der Waals surface area contributed by atoms with Crippen LogP contribution in [0.15, 0.2) is 4.99 Å². The summed E-state index contributed by atoms with van der Waals surface area (Å²) in [5.41, 5.74) is -2.29. The first-order chi connectivity index (χ1) is 21.7. The smallest absolute Gasteiger partial charge is 0.438 e. The zero-order valence-corrected chi connectivity index (χ0v) is 29.6. The first-order valence-corrected chi connectivity index (χ1v) is 19.8. The van der Waals surface area contributed by atoms with E-state index in [1.807, 2.05) is 0 Å². The standard InChI is InChI=1S/C32H57N4O7PS/c1-4-6-8-10-12-14-15-16-17-19-21-23-25-45(42)36-31(39)35(44(40)41)29(37)28-32(36,34-30(38)33-28)26-27(3)43-24-22-20-18-13-11-9-7-5-2/h27H,4-26H2,1-3H3,(H,34,38). The molecule has 0 spiro atoms. The van der Waals surface area contributed by atoms with Crippen molar-refractivity contribution in [3.8, 4) is 0 Å². The lowest BCUT2D eigenvalue weighted by Gasteiger charge is -2.44. The normalized spacial score (nSPS) is 19.5. The van der Waals surface area contributed by atoms with E-state index in [4.69, 9.17) is 4.74 Å². The Morgan fingerprint density at radius 2 is 1.27 bits per heavy atom. The summed E-state index contributed by atoms with van der Waals surface area (Å²) >= 11 is -2.03. The number of unbranched alkanes of at least 4 members (excludes halogenated alkanes) is 18. The van der Waals surface area contributed by atoms with E-state index in [9.17, 15) is 28.1 Å². The minimum absolute atomic E-state index is 0.0267. The van der Waals surface area contributed by atoms with Crippen LogP contribution < -0.4 is 5.32 Å². The van der Waals surface area contributed by atoms with Crippen molar-refractivity contribution < 1.29 is 32.8 Å². The molecule has 5 amide bonds. The average Bonchev–Trinajstić information content (AvgIpc) is 3.32. The number of amides is 5. The van der Waals surface area contributed by atoms with Gasteiger partial charge in [0.2, 0.25) is 5.66 Å². The van der Waals surface area contributed by atoms with E-state index in [1.165, 1.54) is 77.0 Å². The number of carbonyl (C=O) groups is 3. The quantitative estimate of drug-likeness (QED) is 0.0522. The van der Waals surface area contributed by atoms with Gasteiger partial charge in [-0.2, -0.15) is 4.99 Å². The Kier molecular flexibility index (Phi) is 19.2. The van der Waals surface area contributed by atoms with Gasteiger partial charge >= 0.3 is 19.9 Å². The lowest BCUT2D eigenvalue weighted by molar-refractivity contribution is -0.120. The highest BCUT2D eigenvalue weighted by molar-refractivity contribution is 7.89. The lowest BCUT2D eigenvalue weighted by Crippen LogP contribution is -2.74. The molecule has 2 aliphatic rings. The maximum absolute atomic E-state index is 13.7. The van der Waals surface area contributed by atoms with E-state index in [1.54, 1.807) is 6.92 Å². The number of aliphatic imine (C=N–C) groups is 1. The highest BCUT2D eigenvalue weighted by atomic mass is 32.2. The minimum Gasteiger partial charge on any atom is -0.593 e. The molecule has 2 heterocycles. The van der Waals surface area contributed by atoms with Crippen LogP contribution >= 0.6 is 7.83 Å². The number of carbonyl (C=O) groups excluding carboxylic acids is 3. The summed E-state index contributed by atoms with van der Waals surface area (Å²) in [4.78, 5) is 42.7. The summed E-state index contributed by atoms with van der Waals surface area (Å²) < 4.78 is 44.4. The summed E-state index contributed by atoms with van der Waals surface area (Å²) in [6.45, 7) is 6.62. The molecule has 258 valence electrons. The van der Waals surface area contributed by atoms with Gasteiger partial charge in [0, 0.05) is 13.0 Å². The molecular formula is C32H57N4O7PS. The summed E-state index contributed by atoms with van der Waals surface area (Å²) in [5.74, 6) is -1.12. The van der Waals surface area contributed by atoms with Gasteiger partial charge < -0.3 is 14.6 Å². The number of hydrogen-bond acceptors (Lipinski definition) is 7. The van der Waals surface area contributed by atoms with E-state index in [2.05, 4.69) is 24.2 Å². The second kappa shape index (κ2) is 21.9. The number of ether oxygens (including phenoxy) is 1. The Morgan fingerprint density at radius 3 is 1.76 bits per heavy atom. The molecule has 2 aliphatic heterocycles. The van der Waals surface area contributed by atoms with E-state index >= 15 is 0 Å². The Labute approximate surface area is 274 Å². The monoisotopic (exact) mass is 672 g/mol. The molecule has 45 heavy (non-hydrogen) atoms. The van der Waals surface area contributed by atoms with Crippen molar-refractivity contribution in [2.24, 2.45) is 4.99 Å². The van der Waals surface area contributed by atoms with Gasteiger partial charge in [-0.3, -0.25) is 4.79 Å². The Hall–Kier alpha value is -1.75. The SMILES string of the molecule is CCCCCCCCCCCCCC[S+]([O-])N1C(=O)N(P(=O)=O)C(=O)C2=NC(=O)NC21CC(C)OCCCCCCCCCC. The van der Waals surface area contributed by atoms with Crippen molar-refractivity contribution in [3.63, 3.8) is 0 Å². The zero-order chi connectivity index (χ0) is 33.1. The molecule has 1 fully saturated rings. The van der Waals surface area contributed by atoms with Crippen LogP contribution in [-0.4, -0.2) is 61.3 Å². The van der Waals surface area contributed by atoms with Gasteiger partial charge in [0.1, 0.15) is 5.75 Å². The van der Waals surface area contributed by atoms with E-state index in [-0.39, 0.29) is 16.8 Å². The summed E-state index contributed by atoms with van der Waals surface area (Å²) in [6.07, 6.45) is 22.0. The molecule has 13 heteroatoms. The number of nitrogens with zero attached hydrogens (tertiary/aromatic N) is 3. The predicted octanol–water partition coefficient (Wildman–Crippen LogP) is 8.50. The van der Waals surface area contributed by atoms with E-state index < -0.39 is 54.6 Å². The van der Waals surface area contributed by atoms with Crippen molar-refractivity contribution in [3.05, 3.63) is 0 Å². The zero-order valence-electron chi connectivity index (χ0n) is 27.9. The van der Waals surface area contributed by atoms with Crippen molar-refractivity contribution in [2.75, 3.05) is 12.4 Å². The first kappa shape index (κ1) is 39.4. The summed E-state index contributed by atoms with van der Waals surface area (Å²) in [6, 6.07) is -2.14. The second-order valence-electron chi connectivity index (χ2n) is 12.5. The van der Waals surface area contributed by atoms with E-state index in [0.29, 0.717) is 13.0 Å². The second-order valence-corrected chi connectivity index (χ2v) is 14.7. The Balaban J connectivity index is 1.94. The van der Waals surface area contributed by atoms with Crippen molar-refractivity contribution >= 4 is 42.9 Å². The van der Waals surface area contributed by atoms with Gasteiger partial charge in [0.05, 0.1) is 17.5 Å². The largest absolute Gasteiger partial charge is 0.593 e. The molecular weight excluding hydrogens is 615 g/mol. The average molecular weight is 673 g/mol. The third-order valence-electron chi connectivity index (χ3n) is 8.54. The number of rotatable bonds is 27. The lowest BCUT2D eigenvalue weighted by atomic mass is 9.95. The molecule has 2 rings (SSSR count). The maximum Gasteiger partial charge on any atom is 0.438 e. The van der Waals surface area contributed by atoms with Gasteiger partial charge in [0.25, 0.3) is 5.91 Å². The van der Waals surface area contributed by atoms with Gasteiger partial charge in [0.15, 0.2) is 5.71 Å². The van der Waals surface area contributed by atoms with Crippen LogP contribution in [0.4, 0.5) is 9.59 Å². The molecule has 0 aromatic rings. The molecule has 0 saturated carbocycles. The molecule has 1 N–H and O–H groups in total. The molecule has 0 bridgehead atoms. The Bertz CT molecular complexity index is 1020. The molecule has 3 unspecified atom stereocenters. The van der Waals surface area contributed by atoms with Gasteiger partial charge in [-0.05, 0) is 26.2 Å². The third kappa shape index (κ3) is 12.8. The predicted molar refractivity (Wildman–Crippen MR) is 178 cm³/mol. The Morgan fingerprint density at radius 1 is 0.800 bits per heavy atom. The molecule has 0 aromatic heterocycles. The van der Waals surface area contributed by atoms with Crippen LogP contribution in [0.1, 0.15) is 156 Å². The van der Waals surface area contributed by atoms with E-state index in [0.717, 1.165) is 49.3 Å².